The summed E-state index contributed by atoms with van der Waals surface area (Å²) in [6.45, 7) is 8.28. The minimum atomic E-state index is -0.0868. The first-order valence-corrected chi connectivity index (χ1v) is 17.3. The van der Waals surface area contributed by atoms with Crippen molar-refractivity contribution < 1.29 is 28.0 Å². The molecule has 6 nitrogen and oxygen atoms in total. The molecule has 0 bridgehead atoms. The van der Waals surface area contributed by atoms with Crippen molar-refractivity contribution in [2.45, 2.75) is 117 Å². The molecule has 0 aliphatic rings. The van der Waals surface area contributed by atoms with Gasteiger partial charge in [0.1, 0.15) is 0 Å². The van der Waals surface area contributed by atoms with Gasteiger partial charge in [0.25, 0.3) is 0 Å². The zero-order valence-corrected chi connectivity index (χ0v) is 27.7. The molecule has 0 radical (unpaired) electrons. The van der Waals surface area contributed by atoms with E-state index in [9.17, 15) is 9.59 Å². The molecule has 0 saturated carbocycles. The molecular formula is C32H66N2O4S+2. The number of carbonyl (C=O) groups excluding carboxylic acids is 2. The van der Waals surface area contributed by atoms with E-state index in [0.717, 1.165) is 50.3 Å². The third-order valence-corrected chi connectivity index (χ3v) is 8.26. The van der Waals surface area contributed by atoms with Crippen molar-refractivity contribution in [3.63, 3.8) is 0 Å². The maximum absolute atomic E-state index is 12.3. The summed E-state index contributed by atoms with van der Waals surface area (Å²) >= 11 is 1.89. The van der Waals surface area contributed by atoms with Crippen LogP contribution in [-0.4, -0.2) is 100.0 Å². The molecule has 0 atom stereocenters. The zero-order chi connectivity index (χ0) is 29.2. The molecule has 0 saturated heterocycles. The molecule has 0 aromatic carbocycles. The maximum Gasteiger partial charge on any atom is 0.361 e. The summed E-state index contributed by atoms with van der Waals surface area (Å²) < 4.78 is 12.3. The molecule has 0 fully saturated rings. The second kappa shape index (κ2) is 25.0. The summed E-state index contributed by atoms with van der Waals surface area (Å²) in [5, 5.41) is 0. The van der Waals surface area contributed by atoms with Crippen LogP contribution in [0, 0.1) is 0 Å². The molecule has 0 amide bonds. The summed E-state index contributed by atoms with van der Waals surface area (Å²) in [6, 6.07) is 0. The minimum absolute atomic E-state index is 0.0868. The number of ether oxygens (including phenoxy) is 2. The Bertz CT molecular complexity index is 549. The molecule has 39 heavy (non-hydrogen) atoms. The van der Waals surface area contributed by atoms with Gasteiger partial charge in [0.05, 0.1) is 54.5 Å². The van der Waals surface area contributed by atoms with Crippen LogP contribution < -0.4 is 0 Å². The fraction of sp³-hybridized carbons (Fsp3) is 0.938. The lowest BCUT2D eigenvalue weighted by atomic mass is 10.1. The minimum Gasteiger partial charge on any atom is -0.462 e. The van der Waals surface area contributed by atoms with Crippen LogP contribution in [0.5, 0.6) is 0 Å². The van der Waals surface area contributed by atoms with Crippen molar-refractivity contribution in [2.75, 3.05) is 79.1 Å². The predicted octanol–water partition coefficient (Wildman–Crippen LogP) is 7.24. The first kappa shape index (κ1) is 38.2. The summed E-state index contributed by atoms with van der Waals surface area (Å²) in [7, 11) is 8.39. The number of quaternary nitrogens is 2. The molecule has 232 valence electrons. The Balaban J connectivity index is 3.80. The quantitative estimate of drug-likeness (QED) is 0.0560. The highest BCUT2D eigenvalue weighted by atomic mass is 32.2. The number of hydrogen-bond acceptors (Lipinski definition) is 5. The number of hydrogen-bond donors (Lipinski definition) is 0. The van der Waals surface area contributed by atoms with E-state index in [0.29, 0.717) is 35.3 Å². The van der Waals surface area contributed by atoms with Crippen LogP contribution in [-0.2, 0) is 19.1 Å². The average Bonchev–Trinajstić information content (AvgIpc) is 2.85. The Kier molecular flexibility index (Phi) is 24.5. The molecule has 7 heteroatoms. The number of rotatable bonds is 28. The molecule has 0 N–H and O–H groups in total. The van der Waals surface area contributed by atoms with Crippen LogP contribution in [0.25, 0.3) is 0 Å². The largest absolute Gasteiger partial charge is 0.462 e. The topological polar surface area (TPSA) is 52.6 Å². The lowest BCUT2D eigenvalue weighted by Gasteiger charge is -2.30. The maximum atomic E-state index is 12.3. The van der Waals surface area contributed by atoms with Gasteiger partial charge in [-0.25, -0.2) is 9.59 Å². The van der Waals surface area contributed by atoms with Crippen LogP contribution >= 0.6 is 11.8 Å². The average molecular weight is 575 g/mol. The van der Waals surface area contributed by atoms with Crippen molar-refractivity contribution in [1.29, 1.82) is 0 Å². The van der Waals surface area contributed by atoms with Crippen molar-refractivity contribution >= 4 is 23.7 Å². The number of likely N-dealkylation sites (N-methyl/N-ethyl adjacent to an activating group) is 2. The summed E-state index contributed by atoms with van der Waals surface area (Å²) in [4.78, 5) is 24.5. The van der Waals surface area contributed by atoms with Crippen LogP contribution in [0.2, 0.25) is 0 Å². The van der Waals surface area contributed by atoms with E-state index in [2.05, 4.69) is 42.0 Å². The smallest absolute Gasteiger partial charge is 0.361 e. The van der Waals surface area contributed by atoms with Crippen molar-refractivity contribution in [3.8, 4) is 0 Å². The van der Waals surface area contributed by atoms with Gasteiger partial charge in [0.15, 0.2) is 13.1 Å². The molecule has 0 aliphatic carbocycles. The van der Waals surface area contributed by atoms with Crippen molar-refractivity contribution in [3.05, 3.63) is 0 Å². The van der Waals surface area contributed by atoms with E-state index in [4.69, 9.17) is 9.47 Å². The van der Waals surface area contributed by atoms with Gasteiger partial charge in [0, 0.05) is 11.5 Å². The fourth-order valence-electron chi connectivity index (χ4n) is 4.52. The second-order valence-corrected chi connectivity index (χ2v) is 13.9. The van der Waals surface area contributed by atoms with Gasteiger partial charge in [-0.1, -0.05) is 104 Å². The number of unbranched alkanes of at least 4 members (excludes halogenated alkanes) is 14. The monoisotopic (exact) mass is 574 g/mol. The van der Waals surface area contributed by atoms with Gasteiger partial charge in [-0.3, -0.25) is 0 Å². The van der Waals surface area contributed by atoms with Crippen LogP contribution in [0.4, 0.5) is 0 Å². The third-order valence-electron chi connectivity index (χ3n) is 7.32. The van der Waals surface area contributed by atoms with Gasteiger partial charge in [-0.15, -0.1) is 0 Å². The normalized spacial score (nSPS) is 12.1. The molecular weight excluding hydrogens is 508 g/mol. The number of esters is 2. The van der Waals surface area contributed by atoms with Crippen LogP contribution in [0.1, 0.15) is 117 Å². The molecule has 0 spiro atoms. The third kappa shape index (κ3) is 27.2. The van der Waals surface area contributed by atoms with Gasteiger partial charge in [-0.2, -0.15) is 11.8 Å². The highest BCUT2D eigenvalue weighted by Crippen LogP contribution is 2.11. The number of nitrogens with zero attached hydrogens (tertiary/aromatic N) is 2. The predicted molar refractivity (Wildman–Crippen MR) is 168 cm³/mol. The lowest BCUT2D eigenvalue weighted by molar-refractivity contribution is -0.881. The van der Waals surface area contributed by atoms with Crippen molar-refractivity contribution in [1.82, 2.24) is 0 Å². The first-order valence-electron chi connectivity index (χ1n) is 16.1. The van der Waals surface area contributed by atoms with Crippen LogP contribution in [0.15, 0.2) is 0 Å². The van der Waals surface area contributed by atoms with E-state index >= 15 is 0 Å². The Labute approximate surface area is 247 Å². The zero-order valence-electron chi connectivity index (χ0n) is 26.9. The van der Waals surface area contributed by atoms with E-state index in [1.807, 2.05) is 11.8 Å². The number of thioether (sulfide) groups is 1. The van der Waals surface area contributed by atoms with Gasteiger partial charge < -0.3 is 18.4 Å². The fourth-order valence-corrected chi connectivity index (χ4v) is 5.97. The standard InChI is InChI=1S/C32H66N2O4S/c1-7-9-11-13-15-17-19-21-25-37-31(35)29-33(3,4)23-27-39-28-24-34(5,6)30-32(36)38-26-22-20-18-16-14-12-10-8-2/h7-30H2,1-6H3/q+2. The van der Waals surface area contributed by atoms with E-state index in [-0.39, 0.29) is 11.9 Å². The van der Waals surface area contributed by atoms with Gasteiger partial charge in [-0.05, 0) is 12.8 Å². The first-order chi connectivity index (χ1) is 18.6. The summed E-state index contributed by atoms with van der Waals surface area (Å²) in [5.74, 6) is 1.80. The summed E-state index contributed by atoms with van der Waals surface area (Å²) in [6.07, 6.45) is 20.0. The molecule has 0 aliphatic heterocycles. The molecule has 0 unspecified atom stereocenters. The molecule has 0 heterocycles. The van der Waals surface area contributed by atoms with E-state index in [1.165, 1.54) is 77.0 Å². The van der Waals surface area contributed by atoms with Crippen molar-refractivity contribution in [2.24, 2.45) is 0 Å². The Hall–Kier alpha value is -0.790. The van der Waals surface area contributed by atoms with Crippen LogP contribution in [0.3, 0.4) is 0 Å². The highest BCUT2D eigenvalue weighted by molar-refractivity contribution is 7.99. The Morgan fingerprint density at radius 3 is 1.15 bits per heavy atom. The molecule has 0 aromatic rings. The van der Waals surface area contributed by atoms with Gasteiger partial charge in [0.2, 0.25) is 0 Å². The van der Waals surface area contributed by atoms with E-state index < -0.39 is 0 Å². The number of carbonyl (C=O) groups is 2. The van der Waals surface area contributed by atoms with E-state index in [1.54, 1.807) is 0 Å². The van der Waals surface area contributed by atoms with Gasteiger partial charge >= 0.3 is 11.9 Å². The molecule has 0 aromatic heterocycles. The summed E-state index contributed by atoms with van der Waals surface area (Å²) in [5.41, 5.74) is 0. The SMILES string of the molecule is CCCCCCCCCCOC(=O)C[N+](C)(C)CCSCC[N+](C)(C)CC(=O)OCCCCCCCCCC. The Morgan fingerprint density at radius 1 is 0.513 bits per heavy atom. The Morgan fingerprint density at radius 2 is 0.821 bits per heavy atom. The second-order valence-electron chi connectivity index (χ2n) is 12.6. The highest BCUT2D eigenvalue weighted by Gasteiger charge is 2.23. The lowest BCUT2D eigenvalue weighted by Crippen LogP contribution is -2.47. The molecule has 0 rings (SSSR count).